The standard InChI is InChI=1S/C27H34N8O6/c28-16-3-1-15(2-4-16)12-40-27(39)34-9-7-14(8-10-34)11-18-32-23(29)19-24(33-18)35(13-30-19)26-21(37)20(36)22(41-26)25(38)31-17-5-6-17/h1-4,13-14,17,20-22,26,36-37H,5-12,28H2,(H,31,38)(H2,29,32,33)/t20-,21?,22+,26-/m1/s1. The maximum Gasteiger partial charge on any atom is 0.410 e. The monoisotopic (exact) mass is 566 g/mol. The largest absolute Gasteiger partial charge is 0.445 e. The molecule has 3 aromatic rings. The van der Waals surface area contributed by atoms with E-state index < -0.39 is 30.4 Å². The minimum absolute atomic E-state index is 0.0887. The molecule has 7 N–H and O–H groups in total. The number of benzene rings is 1. The molecule has 3 fully saturated rings. The maximum absolute atomic E-state index is 12.6. The zero-order valence-corrected chi connectivity index (χ0v) is 22.4. The molecule has 41 heavy (non-hydrogen) atoms. The molecule has 14 nitrogen and oxygen atoms in total. The molecule has 1 aliphatic carbocycles. The van der Waals surface area contributed by atoms with Crippen LogP contribution in [0.1, 0.15) is 43.3 Å². The van der Waals surface area contributed by atoms with Gasteiger partial charge in [0, 0.05) is 31.2 Å². The first-order valence-corrected chi connectivity index (χ1v) is 13.8. The van der Waals surface area contributed by atoms with Crippen LogP contribution in [-0.4, -0.2) is 84.1 Å². The van der Waals surface area contributed by atoms with E-state index in [4.69, 9.17) is 20.9 Å². The molecule has 2 aliphatic heterocycles. The number of imidazole rings is 1. The number of hydrogen-bond acceptors (Lipinski definition) is 11. The number of hydrogen-bond donors (Lipinski definition) is 5. The highest BCUT2D eigenvalue weighted by Gasteiger charge is 2.48. The van der Waals surface area contributed by atoms with Crippen molar-refractivity contribution in [1.29, 1.82) is 0 Å². The van der Waals surface area contributed by atoms with Crippen LogP contribution >= 0.6 is 0 Å². The van der Waals surface area contributed by atoms with Crippen LogP contribution in [0, 0.1) is 5.92 Å². The van der Waals surface area contributed by atoms with Gasteiger partial charge in [-0.2, -0.15) is 0 Å². The highest BCUT2D eigenvalue weighted by Crippen LogP contribution is 2.33. The predicted molar refractivity (Wildman–Crippen MR) is 146 cm³/mol. The summed E-state index contributed by atoms with van der Waals surface area (Å²) in [6, 6.07) is 7.28. The van der Waals surface area contributed by atoms with Crippen LogP contribution in [0.3, 0.4) is 0 Å². The fraction of sp³-hybridized carbons (Fsp3) is 0.519. The number of aromatic nitrogens is 4. The SMILES string of the molecule is Nc1ccc(COC(=O)N2CCC(Cc3nc(N)c4ncn([C@@H]5O[C@H](C(=O)NC6CC6)[C@H](O)C5O)c4n3)CC2)cc1. The summed E-state index contributed by atoms with van der Waals surface area (Å²) in [6.45, 7) is 1.28. The summed E-state index contributed by atoms with van der Waals surface area (Å²) in [5.41, 5.74) is 14.1. The summed E-state index contributed by atoms with van der Waals surface area (Å²) in [5.74, 6) is 0.442. The van der Waals surface area contributed by atoms with Gasteiger partial charge in [0.15, 0.2) is 23.8 Å². The van der Waals surface area contributed by atoms with Crippen LogP contribution in [-0.2, 0) is 27.3 Å². The Kier molecular flexibility index (Phi) is 7.36. The third kappa shape index (κ3) is 5.76. The van der Waals surface area contributed by atoms with E-state index in [-0.39, 0.29) is 30.5 Å². The summed E-state index contributed by atoms with van der Waals surface area (Å²) >= 11 is 0. The number of fused-ring (bicyclic) bond motifs is 1. The van der Waals surface area contributed by atoms with Crippen molar-refractivity contribution >= 4 is 34.7 Å². The molecule has 0 spiro atoms. The van der Waals surface area contributed by atoms with E-state index in [2.05, 4.69) is 20.3 Å². The second-order valence-corrected chi connectivity index (χ2v) is 11.0. The number of piperidine rings is 1. The van der Waals surface area contributed by atoms with E-state index in [0.29, 0.717) is 42.2 Å². The van der Waals surface area contributed by atoms with Crippen molar-refractivity contribution in [2.45, 2.75) is 69.3 Å². The molecule has 3 aliphatic rings. The van der Waals surface area contributed by atoms with Gasteiger partial charge < -0.3 is 41.4 Å². The molecule has 2 saturated heterocycles. The van der Waals surface area contributed by atoms with Crippen LogP contribution in [0.2, 0.25) is 0 Å². The average molecular weight is 567 g/mol. The lowest BCUT2D eigenvalue weighted by Crippen LogP contribution is -2.43. The Morgan fingerprint density at radius 1 is 1.05 bits per heavy atom. The number of nitrogens with two attached hydrogens (primary N) is 2. The fourth-order valence-electron chi connectivity index (χ4n) is 5.31. The van der Waals surface area contributed by atoms with E-state index in [1.807, 2.05) is 12.1 Å². The van der Waals surface area contributed by atoms with E-state index in [9.17, 15) is 19.8 Å². The van der Waals surface area contributed by atoms with Crippen molar-refractivity contribution in [3.63, 3.8) is 0 Å². The number of carbonyl (C=O) groups is 2. The molecular formula is C27H34N8O6. The Labute approximate surface area is 235 Å². The van der Waals surface area contributed by atoms with Gasteiger partial charge in [0.05, 0.1) is 6.33 Å². The first-order valence-electron chi connectivity index (χ1n) is 13.8. The second-order valence-electron chi connectivity index (χ2n) is 11.0. The Morgan fingerprint density at radius 3 is 2.49 bits per heavy atom. The summed E-state index contributed by atoms with van der Waals surface area (Å²) in [7, 11) is 0. The van der Waals surface area contributed by atoms with Gasteiger partial charge in [-0.3, -0.25) is 9.36 Å². The van der Waals surface area contributed by atoms with Gasteiger partial charge in [0.2, 0.25) is 0 Å². The van der Waals surface area contributed by atoms with E-state index >= 15 is 0 Å². The number of nitrogen functional groups attached to an aromatic ring is 2. The van der Waals surface area contributed by atoms with Gasteiger partial charge in [0.1, 0.15) is 30.2 Å². The fourth-order valence-corrected chi connectivity index (χ4v) is 5.31. The predicted octanol–water partition coefficient (Wildman–Crippen LogP) is 0.480. The zero-order chi connectivity index (χ0) is 28.7. The van der Waals surface area contributed by atoms with Gasteiger partial charge in [0.25, 0.3) is 5.91 Å². The molecule has 2 amide bonds. The Bertz CT molecular complexity index is 1420. The number of likely N-dealkylation sites (tertiary alicyclic amines) is 1. The molecule has 0 bridgehead atoms. The molecule has 1 saturated carbocycles. The topological polar surface area (TPSA) is 204 Å². The molecular weight excluding hydrogens is 532 g/mol. The van der Waals surface area contributed by atoms with Gasteiger partial charge in [-0.15, -0.1) is 0 Å². The number of aliphatic hydroxyl groups is 2. The van der Waals surface area contributed by atoms with E-state index in [0.717, 1.165) is 31.2 Å². The zero-order valence-electron chi connectivity index (χ0n) is 22.4. The normalized spacial score (nSPS) is 25.0. The van der Waals surface area contributed by atoms with Crippen LogP contribution in [0.15, 0.2) is 30.6 Å². The molecule has 1 unspecified atom stereocenters. The lowest BCUT2D eigenvalue weighted by atomic mass is 9.93. The van der Waals surface area contributed by atoms with Crippen molar-refractivity contribution in [3.8, 4) is 0 Å². The Balaban J connectivity index is 1.08. The van der Waals surface area contributed by atoms with Crippen molar-refractivity contribution < 1.29 is 29.3 Å². The van der Waals surface area contributed by atoms with Gasteiger partial charge in [-0.1, -0.05) is 12.1 Å². The number of nitrogens with zero attached hydrogens (tertiary/aromatic N) is 5. The van der Waals surface area contributed by atoms with Crippen LogP contribution in [0.4, 0.5) is 16.3 Å². The van der Waals surface area contributed by atoms with Crippen molar-refractivity contribution in [2.24, 2.45) is 5.92 Å². The summed E-state index contributed by atoms with van der Waals surface area (Å²) in [6.07, 6.45) is -0.212. The minimum Gasteiger partial charge on any atom is -0.445 e. The lowest BCUT2D eigenvalue weighted by Gasteiger charge is -2.31. The smallest absolute Gasteiger partial charge is 0.410 e. The quantitative estimate of drug-likeness (QED) is 0.249. The van der Waals surface area contributed by atoms with Crippen molar-refractivity contribution in [3.05, 3.63) is 42.0 Å². The molecule has 4 atom stereocenters. The van der Waals surface area contributed by atoms with Gasteiger partial charge >= 0.3 is 6.09 Å². The molecule has 2 aromatic heterocycles. The number of aliphatic hydroxyl groups excluding tert-OH is 2. The van der Waals surface area contributed by atoms with Crippen LogP contribution in [0.5, 0.6) is 0 Å². The second kappa shape index (κ2) is 11.1. The average Bonchev–Trinajstić information content (AvgIpc) is 3.60. The van der Waals surface area contributed by atoms with Crippen LogP contribution < -0.4 is 16.8 Å². The molecule has 14 heteroatoms. The number of amides is 2. The Hall–Kier alpha value is -4.01. The van der Waals surface area contributed by atoms with E-state index in [1.54, 1.807) is 17.0 Å². The highest BCUT2D eigenvalue weighted by molar-refractivity contribution is 5.83. The Morgan fingerprint density at radius 2 is 1.78 bits per heavy atom. The first kappa shape index (κ1) is 27.2. The molecule has 1 aromatic carbocycles. The summed E-state index contributed by atoms with van der Waals surface area (Å²) < 4.78 is 12.7. The van der Waals surface area contributed by atoms with E-state index in [1.165, 1.54) is 10.9 Å². The molecule has 0 radical (unpaired) electrons. The van der Waals surface area contributed by atoms with Gasteiger partial charge in [-0.05, 0) is 49.3 Å². The third-order valence-electron chi connectivity index (χ3n) is 7.88. The summed E-state index contributed by atoms with van der Waals surface area (Å²) in [5, 5.41) is 24.0. The highest BCUT2D eigenvalue weighted by atomic mass is 16.6. The van der Waals surface area contributed by atoms with Crippen molar-refractivity contribution in [1.82, 2.24) is 29.7 Å². The van der Waals surface area contributed by atoms with Crippen molar-refractivity contribution in [2.75, 3.05) is 24.6 Å². The third-order valence-corrected chi connectivity index (χ3v) is 7.88. The molecule has 218 valence electrons. The molecule has 6 rings (SSSR count). The number of anilines is 2. The summed E-state index contributed by atoms with van der Waals surface area (Å²) in [4.78, 5) is 40.2. The van der Waals surface area contributed by atoms with Gasteiger partial charge in [-0.25, -0.2) is 19.7 Å². The molecule has 4 heterocycles. The number of ether oxygens (including phenoxy) is 2. The maximum atomic E-state index is 12.6. The number of carbonyl (C=O) groups excluding carboxylic acids is 2. The first-order chi connectivity index (χ1) is 19.8. The lowest BCUT2D eigenvalue weighted by molar-refractivity contribution is -0.137. The van der Waals surface area contributed by atoms with Crippen LogP contribution in [0.25, 0.3) is 11.2 Å². The number of nitrogens with one attached hydrogen (secondary N) is 1. The minimum atomic E-state index is -1.40. The number of rotatable bonds is 7.